The molecule has 1 aromatic rings. The molecule has 1 aromatic carbocycles. The zero-order valence-corrected chi connectivity index (χ0v) is 16.1. The van der Waals surface area contributed by atoms with Crippen molar-refractivity contribution in [1.29, 1.82) is 0 Å². The molecule has 0 spiro atoms. The topological polar surface area (TPSA) is 30.5 Å². The molecule has 130 valence electrons. The van der Waals surface area contributed by atoms with Gasteiger partial charge < -0.3 is 14.8 Å². The van der Waals surface area contributed by atoms with Crippen LogP contribution in [0.4, 0.5) is 0 Å². The second kappa shape index (κ2) is 10.2. The van der Waals surface area contributed by atoms with Crippen LogP contribution in [-0.4, -0.2) is 19.3 Å². The van der Waals surface area contributed by atoms with Crippen LogP contribution >= 0.6 is 15.9 Å². The van der Waals surface area contributed by atoms with Crippen LogP contribution < -0.4 is 14.8 Å². The van der Waals surface area contributed by atoms with E-state index in [9.17, 15) is 0 Å². The first-order valence-corrected chi connectivity index (χ1v) is 9.85. The normalized spacial score (nSPS) is 16.1. The Morgan fingerprint density at radius 3 is 2.48 bits per heavy atom. The minimum atomic E-state index is 0.647. The standard InChI is InChI=1S/C19H30BrNO2/c1-3-11-23-19-17(20)12-15(13-18(19)22-4-2)14-21-16-9-7-5-6-8-10-16/h12-13,16,21H,3-11,14H2,1-2H3. The van der Waals surface area contributed by atoms with E-state index in [0.29, 0.717) is 19.3 Å². The number of rotatable bonds is 8. The van der Waals surface area contributed by atoms with Gasteiger partial charge in [0.05, 0.1) is 17.7 Å². The van der Waals surface area contributed by atoms with Crippen LogP contribution in [0.1, 0.15) is 64.4 Å². The van der Waals surface area contributed by atoms with E-state index in [0.717, 1.165) is 28.9 Å². The Morgan fingerprint density at radius 2 is 1.83 bits per heavy atom. The molecule has 1 saturated carbocycles. The number of nitrogens with one attached hydrogen (secondary N) is 1. The van der Waals surface area contributed by atoms with Crippen molar-refractivity contribution in [3.63, 3.8) is 0 Å². The highest BCUT2D eigenvalue weighted by Gasteiger charge is 2.14. The van der Waals surface area contributed by atoms with Crippen molar-refractivity contribution >= 4 is 15.9 Å². The molecule has 0 radical (unpaired) electrons. The minimum Gasteiger partial charge on any atom is -0.490 e. The molecule has 0 amide bonds. The van der Waals surface area contributed by atoms with Gasteiger partial charge in [-0.3, -0.25) is 0 Å². The van der Waals surface area contributed by atoms with Gasteiger partial charge in [0, 0.05) is 12.6 Å². The SMILES string of the molecule is CCCOc1c(Br)cc(CNC2CCCCCC2)cc1OCC. The van der Waals surface area contributed by atoms with E-state index in [1.165, 1.54) is 44.1 Å². The Morgan fingerprint density at radius 1 is 1.09 bits per heavy atom. The Bertz CT molecular complexity index is 471. The van der Waals surface area contributed by atoms with Crippen LogP contribution in [-0.2, 0) is 6.54 Å². The van der Waals surface area contributed by atoms with Crippen molar-refractivity contribution in [2.75, 3.05) is 13.2 Å². The van der Waals surface area contributed by atoms with Gasteiger partial charge in [-0.2, -0.15) is 0 Å². The molecule has 0 unspecified atom stereocenters. The zero-order chi connectivity index (χ0) is 16.5. The molecule has 1 aliphatic rings. The summed E-state index contributed by atoms with van der Waals surface area (Å²) in [6.45, 7) is 6.36. The van der Waals surface area contributed by atoms with Crippen molar-refractivity contribution in [3.05, 3.63) is 22.2 Å². The van der Waals surface area contributed by atoms with Gasteiger partial charge in [0.1, 0.15) is 0 Å². The number of halogens is 1. The van der Waals surface area contributed by atoms with Crippen molar-refractivity contribution < 1.29 is 9.47 Å². The van der Waals surface area contributed by atoms with Gasteiger partial charge in [-0.05, 0) is 59.8 Å². The van der Waals surface area contributed by atoms with Gasteiger partial charge in [0.15, 0.2) is 11.5 Å². The van der Waals surface area contributed by atoms with Crippen molar-refractivity contribution in [2.24, 2.45) is 0 Å². The van der Waals surface area contributed by atoms with Crippen LogP contribution in [0.15, 0.2) is 16.6 Å². The number of hydrogen-bond donors (Lipinski definition) is 1. The highest BCUT2D eigenvalue weighted by Crippen LogP contribution is 2.37. The zero-order valence-electron chi connectivity index (χ0n) is 14.5. The average molecular weight is 384 g/mol. The molecule has 23 heavy (non-hydrogen) atoms. The summed E-state index contributed by atoms with van der Waals surface area (Å²) in [5.41, 5.74) is 1.24. The first-order chi connectivity index (χ1) is 11.2. The quantitative estimate of drug-likeness (QED) is 0.605. The Balaban J connectivity index is 2.03. The van der Waals surface area contributed by atoms with Gasteiger partial charge >= 0.3 is 0 Å². The maximum atomic E-state index is 5.84. The molecule has 0 bridgehead atoms. The maximum Gasteiger partial charge on any atom is 0.175 e. The number of benzene rings is 1. The predicted molar refractivity (Wildman–Crippen MR) is 99.4 cm³/mol. The summed E-state index contributed by atoms with van der Waals surface area (Å²) in [5.74, 6) is 1.67. The third-order valence-corrected chi connectivity index (χ3v) is 4.86. The van der Waals surface area contributed by atoms with Gasteiger partial charge in [-0.15, -0.1) is 0 Å². The molecule has 0 atom stereocenters. The lowest BCUT2D eigenvalue weighted by atomic mass is 10.1. The van der Waals surface area contributed by atoms with E-state index < -0.39 is 0 Å². The third-order valence-electron chi connectivity index (χ3n) is 4.27. The molecule has 1 aliphatic carbocycles. The van der Waals surface area contributed by atoms with E-state index >= 15 is 0 Å². The summed E-state index contributed by atoms with van der Waals surface area (Å²) in [5, 5.41) is 3.72. The minimum absolute atomic E-state index is 0.647. The molecule has 0 aromatic heterocycles. The maximum absolute atomic E-state index is 5.84. The molecule has 1 N–H and O–H groups in total. The molecule has 0 saturated heterocycles. The lowest BCUT2D eigenvalue weighted by Gasteiger charge is -2.18. The largest absolute Gasteiger partial charge is 0.490 e. The van der Waals surface area contributed by atoms with Crippen molar-refractivity contribution in [3.8, 4) is 11.5 Å². The van der Waals surface area contributed by atoms with Gasteiger partial charge in [0.2, 0.25) is 0 Å². The van der Waals surface area contributed by atoms with Crippen molar-refractivity contribution in [1.82, 2.24) is 5.32 Å². The third kappa shape index (κ3) is 6.00. The molecule has 3 nitrogen and oxygen atoms in total. The van der Waals surface area contributed by atoms with E-state index in [4.69, 9.17) is 9.47 Å². The first-order valence-electron chi connectivity index (χ1n) is 9.06. The Hall–Kier alpha value is -0.740. The molecule has 1 fully saturated rings. The van der Waals surface area contributed by atoms with Crippen LogP contribution in [0.25, 0.3) is 0 Å². The summed E-state index contributed by atoms with van der Waals surface area (Å²) in [6.07, 6.45) is 9.09. The van der Waals surface area contributed by atoms with Gasteiger partial charge in [-0.1, -0.05) is 32.6 Å². The summed E-state index contributed by atoms with van der Waals surface area (Å²) in [7, 11) is 0. The fourth-order valence-corrected chi connectivity index (χ4v) is 3.68. The fraction of sp³-hybridized carbons (Fsp3) is 0.684. The van der Waals surface area contributed by atoms with Crippen LogP contribution in [0.3, 0.4) is 0 Å². The number of ether oxygens (including phenoxy) is 2. The van der Waals surface area contributed by atoms with Crippen LogP contribution in [0, 0.1) is 0 Å². The molecule has 4 heteroatoms. The van der Waals surface area contributed by atoms with Crippen molar-refractivity contribution in [2.45, 2.75) is 71.4 Å². The van der Waals surface area contributed by atoms with E-state index in [1.807, 2.05) is 6.92 Å². The summed E-state index contributed by atoms with van der Waals surface area (Å²) in [4.78, 5) is 0. The average Bonchev–Trinajstić information content (AvgIpc) is 2.81. The highest BCUT2D eigenvalue weighted by atomic mass is 79.9. The smallest absolute Gasteiger partial charge is 0.175 e. The molecular formula is C19H30BrNO2. The molecule has 0 heterocycles. The molecule has 2 rings (SSSR count). The predicted octanol–water partition coefficient (Wildman–Crippen LogP) is 5.45. The first kappa shape index (κ1) is 18.6. The fourth-order valence-electron chi connectivity index (χ4n) is 3.08. The van der Waals surface area contributed by atoms with Gasteiger partial charge in [-0.25, -0.2) is 0 Å². The summed E-state index contributed by atoms with van der Waals surface area (Å²) in [6, 6.07) is 4.92. The Labute approximate surface area is 149 Å². The van der Waals surface area contributed by atoms with E-state index in [-0.39, 0.29) is 0 Å². The van der Waals surface area contributed by atoms with E-state index in [1.54, 1.807) is 0 Å². The number of hydrogen-bond acceptors (Lipinski definition) is 3. The van der Waals surface area contributed by atoms with Crippen LogP contribution in [0.2, 0.25) is 0 Å². The Kier molecular flexibility index (Phi) is 8.24. The van der Waals surface area contributed by atoms with E-state index in [2.05, 4.69) is 40.3 Å². The highest BCUT2D eigenvalue weighted by molar-refractivity contribution is 9.10. The molecular weight excluding hydrogens is 354 g/mol. The summed E-state index contributed by atoms with van der Waals surface area (Å²) >= 11 is 3.64. The summed E-state index contributed by atoms with van der Waals surface area (Å²) < 4.78 is 12.6. The monoisotopic (exact) mass is 383 g/mol. The molecule has 0 aliphatic heterocycles. The lowest BCUT2D eigenvalue weighted by molar-refractivity contribution is 0.275. The van der Waals surface area contributed by atoms with Gasteiger partial charge in [0.25, 0.3) is 0 Å². The van der Waals surface area contributed by atoms with Crippen LogP contribution in [0.5, 0.6) is 11.5 Å². The lowest BCUT2D eigenvalue weighted by Crippen LogP contribution is -2.27. The second-order valence-corrected chi connectivity index (χ2v) is 7.11. The second-order valence-electron chi connectivity index (χ2n) is 6.26.